The highest BCUT2D eigenvalue weighted by molar-refractivity contribution is 6.24. The number of hydrogen-bond acceptors (Lipinski definition) is 4. The fraction of sp³-hybridized carbons (Fsp3) is 0.0435. The third-order valence-corrected chi connectivity index (χ3v) is 10.1. The first-order chi connectivity index (χ1) is 24.6. The molecule has 0 saturated carbocycles. The first-order valence-corrected chi connectivity index (χ1v) is 17.0. The van der Waals surface area contributed by atoms with Gasteiger partial charge in [0.25, 0.3) is 0 Å². The van der Waals surface area contributed by atoms with Gasteiger partial charge in [0, 0.05) is 32.7 Å². The topological polar surface area (TPSA) is 51.6 Å². The van der Waals surface area contributed by atoms with Crippen LogP contribution in [0.15, 0.2) is 146 Å². The fourth-order valence-corrected chi connectivity index (χ4v) is 7.68. The second-order valence-electron chi connectivity index (χ2n) is 13.0. The number of aromatic nitrogens is 4. The van der Waals surface area contributed by atoms with Crippen molar-refractivity contribution in [2.75, 3.05) is 0 Å². The highest BCUT2D eigenvalue weighted by Gasteiger charge is 2.16. The van der Waals surface area contributed by atoms with Crippen molar-refractivity contribution in [1.29, 1.82) is 0 Å². The third-order valence-electron chi connectivity index (χ3n) is 10.1. The van der Waals surface area contributed by atoms with Crippen LogP contribution in [0.3, 0.4) is 0 Å². The van der Waals surface area contributed by atoms with E-state index in [1.807, 2.05) is 0 Å². The fourth-order valence-electron chi connectivity index (χ4n) is 7.68. The molecule has 0 aliphatic rings. The van der Waals surface area contributed by atoms with E-state index < -0.39 is 0 Å². The zero-order chi connectivity index (χ0) is 33.3. The molecule has 0 aliphatic heterocycles. The highest BCUT2D eigenvalue weighted by atomic mass is 14.8. The predicted molar refractivity (Wildman–Crippen MR) is 208 cm³/mol. The van der Waals surface area contributed by atoms with Gasteiger partial charge in [-0.25, -0.2) is 19.9 Å². The Hall–Kier alpha value is -6.52. The minimum absolute atomic E-state index is 0.908. The summed E-state index contributed by atoms with van der Waals surface area (Å²) in [6, 6.07) is 51.3. The Balaban J connectivity index is 1.02. The zero-order valence-corrected chi connectivity index (χ0v) is 27.6. The molecule has 0 fully saturated rings. The Morgan fingerprint density at radius 2 is 0.500 bits per heavy atom. The number of nitrogens with zero attached hydrogens (tertiary/aromatic N) is 4. The highest BCUT2D eigenvalue weighted by Crippen LogP contribution is 2.37. The first kappa shape index (κ1) is 28.5. The summed E-state index contributed by atoms with van der Waals surface area (Å²) >= 11 is 0. The predicted octanol–water partition coefficient (Wildman–Crippen LogP) is 11.8. The lowest BCUT2D eigenvalue weighted by atomic mass is 9.97. The van der Waals surface area contributed by atoms with E-state index in [4.69, 9.17) is 19.9 Å². The smallest absolute Gasteiger partial charge is 0.0979 e. The lowest BCUT2D eigenvalue weighted by molar-refractivity contribution is 1.20. The van der Waals surface area contributed by atoms with Gasteiger partial charge in [0.15, 0.2) is 0 Å². The summed E-state index contributed by atoms with van der Waals surface area (Å²) in [6.45, 7) is 4.11. The maximum atomic E-state index is 5.26. The first-order valence-electron chi connectivity index (χ1n) is 17.0. The molecule has 0 radical (unpaired) electrons. The van der Waals surface area contributed by atoms with Gasteiger partial charge in [-0.2, -0.15) is 0 Å². The number of rotatable bonds is 3. The molecule has 0 spiro atoms. The van der Waals surface area contributed by atoms with Crippen LogP contribution in [-0.4, -0.2) is 19.9 Å². The van der Waals surface area contributed by atoms with Gasteiger partial charge in [0.2, 0.25) is 0 Å². The molecule has 0 aliphatic carbocycles. The molecule has 10 rings (SSSR count). The Bertz CT molecular complexity index is 2780. The van der Waals surface area contributed by atoms with Crippen molar-refractivity contribution in [1.82, 2.24) is 19.9 Å². The lowest BCUT2D eigenvalue weighted by Gasteiger charge is -2.13. The summed E-state index contributed by atoms with van der Waals surface area (Å²) < 4.78 is 0. The van der Waals surface area contributed by atoms with E-state index in [0.29, 0.717) is 0 Å². The summed E-state index contributed by atoms with van der Waals surface area (Å²) in [7, 11) is 0. The summed E-state index contributed by atoms with van der Waals surface area (Å²) in [4.78, 5) is 20.8. The summed E-state index contributed by atoms with van der Waals surface area (Å²) in [5, 5.41) is 9.33. The summed E-state index contributed by atoms with van der Waals surface area (Å²) in [6.07, 6.45) is 0. The number of aryl methyl sites for hydroxylation is 2. The third kappa shape index (κ3) is 4.32. The molecule has 2 aromatic heterocycles. The minimum Gasteiger partial charge on any atom is -0.249 e. The van der Waals surface area contributed by atoms with E-state index in [1.54, 1.807) is 0 Å². The van der Waals surface area contributed by atoms with Crippen molar-refractivity contribution in [3.63, 3.8) is 0 Å². The van der Waals surface area contributed by atoms with Crippen LogP contribution in [0.2, 0.25) is 0 Å². The Kier molecular flexibility index (Phi) is 6.27. The molecule has 0 saturated heterocycles. The largest absolute Gasteiger partial charge is 0.249 e. The van der Waals surface area contributed by atoms with Crippen molar-refractivity contribution in [2.24, 2.45) is 0 Å². The Morgan fingerprint density at radius 3 is 0.800 bits per heavy atom. The SMILES string of the molecule is Cc1nc2c3ccccc3c3ccccc3c2nc1-c1ccc(-c2ccc(-c3nc4c5ccccc5c5ccccc5c4nc3C)cc2)cc1. The second-order valence-corrected chi connectivity index (χ2v) is 13.0. The Morgan fingerprint density at radius 1 is 0.260 bits per heavy atom. The van der Waals surface area contributed by atoms with Crippen LogP contribution in [0, 0.1) is 13.8 Å². The van der Waals surface area contributed by atoms with E-state index in [0.717, 1.165) is 88.6 Å². The van der Waals surface area contributed by atoms with Crippen LogP contribution in [0.4, 0.5) is 0 Å². The average Bonchev–Trinajstić information content (AvgIpc) is 3.18. The lowest BCUT2D eigenvalue weighted by Crippen LogP contribution is -1.97. The monoisotopic (exact) mass is 638 g/mol. The quantitative estimate of drug-likeness (QED) is 0.181. The van der Waals surface area contributed by atoms with Crippen molar-refractivity contribution in [2.45, 2.75) is 13.8 Å². The molecule has 4 heteroatoms. The summed E-state index contributed by atoms with van der Waals surface area (Å²) in [5.41, 5.74) is 11.8. The number of benzene rings is 8. The van der Waals surface area contributed by atoms with Crippen LogP contribution in [0.1, 0.15) is 11.4 Å². The number of fused-ring (bicyclic) bond motifs is 12. The van der Waals surface area contributed by atoms with Crippen LogP contribution in [0.25, 0.3) is 98.8 Å². The van der Waals surface area contributed by atoms with Gasteiger partial charge < -0.3 is 0 Å². The molecule has 2 heterocycles. The maximum Gasteiger partial charge on any atom is 0.0979 e. The molecule has 0 N–H and O–H groups in total. The van der Waals surface area contributed by atoms with Crippen LogP contribution < -0.4 is 0 Å². The van der Waals surface area contributed by atoms with E-state index >= 15 is 0 Å². The number of hydrogen-bond donors (Lipinski definition) is 0. The Labute approximate surface area is 288 Å². The molecule has 0 amide bonds. The van der Waals surface area contributed by atoms with E-state index in [2.05, 4.69) is 159 Å². The van der Waals surface area contributed by atoms with Crippen molar-refractivity contribution < 1.29 is 0 Å². The molecule has 4 nitrogen and oxygen atoms in total. The van der Waals surface area contributed by atoms with Crippen LogP contribution in [0.5, 0.6) is 0 Å². The van der Waals surface area contributed by atoms with E-state index in [1.165, 1.54) is 21.5 Å². The normalized spacial score (nSPS) is 11.8. The van der Waals surface area contributed by atoms with Gasteiger partial charge in [-0.1, -0.05) is 146 Å². The van der Waals surface area contributed by atoms with Gasteiger partial charge >= 0.3 is 0 Å². The van der Waals surface area contributed by atoms with Crippen molar-refractivity contribution >= 4 is 65.2 Å². The van der Waals surface area contributed by atoms with Crippen molar-refractivity contribution in [3.8, 4) is 33.6 Å². The standard InChI is InChI=1S/C46H30N4/c1-27-41(49-45-39-17-9-5-13-35(39)33-11-3-7-15-37(33)43(45)47-27)31-23-19-29(20-24-31)30-21-25-32(26-22-30)42-28(2)48-44-38-16-8-4-12-34(38)36-14-6-10-18-40(36)46(44)50-42/h3-26H,1-2H3. The average molecular weight is 639 g/mol. The van der Waals surface area contributed by atoms with Gasteiger partial charge in [-0.15, -0.1) is 0 Å². The van der Waals surface area contributed by atoms with Gasteiger partial charge in [0.1, 0.15) is 0 Å². The van der Waals surface area contributed by atoms with Gasteiger partial charge in [-0.05, 0) is 46.5 Å². The van der Waals surface area contributed by atoms with Crippen molar-refractivity contribution in [3.05, 3.63) is 157 Å². The molecular weight excluding hydrogens is 609 g/mol. The van der Waals surface area contributed by atoms with Gasteiger partial charge in [0.05, 0.1) is 44.8 Å². The van der Waals surface area contributed by atoms with Crippen LogP contribution in [-0.2, 0) is 0 Å². The molecule has 234 valence electrons. The second kappa shape index (κ2) is 11.0. The maximum absolute atomic E-state index is 5.26. The molecule has 0 bridgehead atoms. The van der Waals surface area contributed by atoms with Gasteiger partial charge in [-0.3, -0.25) is 0 Å². The summed E-state index contributed by atoms with van der Waals surface area (Å²) in [5.74, 6) is 0. The van der Waals surface area contributed by atoms with E-state index in [9.17, 15) is 0 Å². The molecule has 8 aromatic carbocycles. The molecule has 0 atom stereocenters. The minimum atomic E-state index is 0.908. The van der Waals surface area contributed by atoms with Crippen LogP contribution >= 0.6 is 0 Å². The zero-order valence-electron chi connectivity index (χ0n) is 27.6. The van der Waals surface area contributed by atoms with E-state index in [-0.39, 0.29) is 0 Å². The molecule has 0 unspecified atom stereocenters. The molecule has 10 aromatic rings. The molecule has 50 heavy (non-hydrogen) atoms. The molecular formula is C46H30N4.